The number of imidazole rings is 1. The van der Waals surface area contributed by atoms with Crippen LogP contribution in [0.15, 0.2) is 49.1 Å². The minimum atomic E-state index is -1.09. The van der Waals surface area contributed by atoms with E-state index in [1.165, 1.54) is 18.5 Å². The summed E-state index contributed by atoms with van der Waals surface area (Å²) in [5.74, 6) is -2.12. The predicted octanol–water partition coefficient (Wildman–Crippen LogP) is 1.09. The zero-order valence-electron chi connectivity index (χ0n) is 30.8. The van der Waals surface area contributed by atoms with Gasteiger partial charge in [-0.15, -0.1) is 0 Å². The van der Waals surface area contributed by atoms with Gasteiger partial charge >= 0.3 is 0 Å². The van der Waals surface area contributed by atoms with Gasteiger partial charge in [-0.25, -0.2) is 19.9 Å². The summed E-state index contributed by atoms with van der Waals surface area (Å²) in [5, 5.41) is 8.65. The smallest absolute Gasteiger partial charge is 0.270 e. The van der Waals surface area contributed by atoms with Crippen molar-refractivity contribution in [1.29, 1.82) is 0 Å². The molecule has 0 bridgehead atoms. The Labute approximate surface area is 321 Å². The highest BCUT2D eigenvalue weighted by Gasteiger charge is 2.46. The molecular formula is C38H41N11O7. The van der Waals surface area contributed by atoms with E-state index in [1.807, 2.05) is 23.6 Å². The van der Waals surface area contributed by atoms with Gasteiger partial charge in [0.15, 0.2) is 18.1 Å². The van der Waals surface area contributed by atoms with Gasteiger partial charge < -0.3 is 24.8 Å². The molecule has 1 saturated carbocycles. The highest BCUT2D eigenvalue weighted by molar-refractivity contribution is 6.24. The van der Waals surface area contributed by atoms with Crippen molar-refractivity contribution in [1.82, 2.24) is 49.8 Å². The molecule has 0 radical (unpaired) electrons. The van der Waals surface area contributed by atoms with Crippen molar-refractivity contribution in [2.24, 2.45) is 0 Å². The molecule has 290 valence electrons. The molecule has 4 aliphatic rings. The number of rotatable bonds is 12. The number of fused-ring (bicyclic) bond motifs is 2. The van der Waals surface area contributed by atoms with Crippen molar-refractivity contribution in [2.45, 2.75) is 57.2 Å². The molecule has 6 amide bonds. The molecule has 56 heavy (non-hydrogen) atoms. The van der Waals surface area contributed by atoms with Crippen molar-refractivity contribution in [3.8, 4) is 5.75 Å². The summed E-state index contributed by atoms with van der Waals surface area (Å²) in [4.78, 5) is 98.9. The Balaban J connectivity index is 0.766. The quantitative estimate of drug-likeness (QED) is 0.136. The maximum Gasteiger partial charge on any atom is 0.270 e. The maximum atomic E-state index is 13.3. The first-order valence-corrected chi connectivity index (χ1v) is 18.8. The molecule has 2 saturated heterocycles. The fraction of sp³-hybridized carbons (Fsp3) is 0.421. The van der Waals surface area contributed by atoms with Gasteiger partial charge in [-0.3, -0.25) is 43.9 Å². The number of piperazine rings is 1. The molecule has 0 spiro atoms. The van der Waals surface area contributed by atoms with E-state index in [2.05, 4.69) is 40.8 Å². The number of amides is 6. The van der Waals surface area contributed by atoms with Crippen LogP contribution in [0, 0.1) is 6.92 Å². The molecule has 18 nitrogen and oxygen atoms in total. The normalized spacial score (nSPS) is 21.1. The molecule has 3 aromatic heterocycles. The third-order valence-corrected chi connectivity index (χ3v) is 10.8. The summed E-state index contributed by atoms with van der Waals surface area (Å²) in [6, 6.07) is 9.10. The monoisotopic (exact) mass is 763 g/mol. The minimum Gasteiger partial charge on any atom is -0.483 e. The molecule has 3 aliphatic heterocycles. The highest BCUT2D eigenvalue weighted by Crippen LogP contribution is 2.36. The molecule has 4 aromatic rings. The lowest BCUT2D eigenvalue weighted by Crippen LogP contribution is -2.54. The van der Waals surface area contributed by atoms with Crippen LogP contribution in [0.3, 0.4) is 0 Å². The number of aryl methyl sites for hydroxylation is 1. The van der Waals surface area contributed by atoms with Crippen LogP contribution in [-0.4, -0.2) is 133 Å². The van der Waals surface area contributed by atoms with Crippen molar-refractivity contribution in [3.05, 3.63) is 71.6 Å². The Bertz CT molecular complexity index is 2230. The molecule has 1 aromatic carbocycles. The van der Waals surface area contributed by atoms with Crippen LogP contribution in [0.2, 0.25) is 0 Å². The molecule has 18 heteroatoms. The van der Waals surface area contributed by atoms with E-state index in [1.54, 1.807) is 23.4 Å². The standard InChI is InChI=1S/C38H41N11O7/c1-22-5-2-7-26(43-22)35(52)44-23-17-24(18-23)48-21-42-32-33(40-20-41-34(32)48)39-11-4-12-46-13-15-47(16-14-46)30(51)19-56-28-8-3-6-25-31(28)38(55)49(37(25)54)27-9-10-29(50)45-36(27)53/h2-3,5-8,20-21,23-24,27H,4,9-19H2,1H3,(H,44,52)(H,39,40,41)(H,45,50,53). The van der Waals surface area contributed by atoms with E-state index in [0.717, 1.165) is 42.0 Å². The number of aromatic nitrogens is 5. The topological polar surface area (TPSA) is 214 Å². The molecule has 1 atom stereocenters. The first kappa shape index (κ1) is 36.7. The fourth-order valence-corrected chi connectivity index (χ4v) is 7.68. The highest BCUT2D eigenvalue weighted by atomic mass is 16.5. The van der Waals surface area contributed by atoms with E-state index < -0.39 is 29.7 Å². The lowest BCUT2D eigenvalue weighted by Gasteiger charge is -2.36. The summed E-state index contributed by atoms with van der Waals surface area (Å²) < 4.78 is 7.85. The zero-order chi connectivity index (χ0) is 38.9. The first-order chi connectivity index (χ1) is 27.1. The molecule has 1 aliphatic carbocycles. The van der Waals surface area contributed by atoms with Crippen LogP contribution in [0.5, 0.6) is 5.75 Å². The van der Waals surface area contributed by atoms with Crippen molar-refractivity contribution in [2.75, 3.05) is 51.2 Å². The number of nitrogens with one attached hydrogen (secondary N) is 3. The van der Waals surface area contributed by atoms with Crippen molar-refractivity contribution in [3.63, 3.8) is 0 Å². The predicted molar refractivity (Wildman–Crippen MR) is 199 cm³/mol. The Morgan fingerprint density at radius 3 is 2.55 bits per heavy atom. The zero-order valence-corrected chi connectivity index (χ0v) is 30.8. The fourth-order valence-electron chi connectivity index (χ4n) is 7.68. The molecule has 8 rings (SSSR count). The number of imide groups is 2. The Morgan fingerprint density at radius 1 is 0.964 bits per heavy atom. The molecule has 3 fully saturated rings. The first-order valence-electron chi connectivity index (χ1n) is 18.8. The van der Waals surface area contributed by atoms with Crippen molar-refractivity contribution >= 4 is 52.4 Å². The van der Waals surface area contributed by atoms with E-state index in [9.17, 15) is 28.8 Å². The minimum absolute atomic E-state index is 0.00981. The van der Waals surface area contributed by atoms with Gasteiger partial charge in [0.05, 0.1) is 17.5 Å². The number of hydrogen-bond donors (Lipinski definition) is 3. The van der Waals surface area contributed by atoms with E-state index in [0.29, 0.717) is 49.8 Å². The third-order valence-electron chi connectivity index (χ3n) is 10.8. The number of carbonyl (C=O) groups excluding carboxylic acids is 6. The Kier molecular flexibility index (Phi) is 10.1. The second kappa shape index (κ2) is 15.4. The second-order valence-electron chi connectivity index (χ2n) is 14.4. The van der Waals surface area contributed by atoms with Gasteiger partial charge in [-0.1, -0.05) is 12.1 Å². The number of piperidine rings is 1. The average molecular weight is 764 g/mol. The average Bonchev–Trinajstić information content (AvgIpc) is 3.72. The molecule has 3 N–H and O–H groups in total. The largest absolute Gasteiger partial charge is 0.483 e. The van der Waals surface area contributed by atoms with Crippen LogP contribution >= 0.6 is 0 Å². The van der Waals surface area contributed by atoms with Gasteiger partial charge in [-0.05, 0) is 63.4 Å². The maximum absolute atomic E-state index is 13.3. The lowest BCUT2D eigenvalue weighted by molar-refractivity contribution is -0.136. The number of hydrogen-bond acceptors (Lipinski definition) is 13. The van der Waals surface area contributed by atoms with Gasteiger partial charge in [0.2, 0.25) is 11.8 Å². The number of nitrogens with zero attached hydrogens (tertiary/aromatic N) is 8. The molecule has 1 unspecified atom stereocenters. The Hall–Kier alpha value is -6.30. The van der Waals surface area contributed by atoms with Gasteiger partial charge in [0.25, 0.3) is 23.6 Å². The second-order valence-corrected chi connectivity index (χ2v) is 14.4. The van der Waals surface area contributed by atoms with Crippen LogP contribution in [-0.2, 0) is 14.4 Å². The number of pyridine rings is 1. The van der Waals surface area contributed by atoms with E-state index in [-0.39, 0.29) is 60.2 Å². The molecule has 6 heterocycles. The number of benzene rings is 1. The van der Waals surface area contributed by atoms with E-state index >= 15 is 0 Å². The summed E-state index contributed by atoms with van der Waals surface area (Å²) in [6.07, 6.45) is 5.76. The van der Waals surface area contributed by atoms with Crippen LogP contribution in [0.25, 0.3) is 11.2 Å². The summed E-state index contributed by atoms with van der Waals surface area (Å²) in [7, 11) is 0. The number of ether oxygens (including phenoxy) is 1. The van der Waals surface area contributed by atoms with Crippen molar-refractivity contribution < 1.29 is 33.5 Å². The van der Waals surface area contributed by atoms with Gasteiger partial charge in [-0.2, -0.15) is 0 Å². The third kappa shape index (κ3) is 7.26. The van der Waals surface area contributed by atoms with Crippen LogP contribution < -0.4 is 20.7 Å². The Morgan fingerprint density at radius 2 is 1.77 bits per heavy atom. The van der Waals surface area contributed by atoms with Crippen LogP contribution in [0.1, 0.15) is 75.0 Å². The van der Waals surface area contributed by atoms with Gasteiger partial charge in [0, 0.05) is 56.9 Å². The van der Waals surface area contributed by atoms with E-state index in [4.69, 9.17) is 4.74 Å². The summed E-state index contributed by atoms with van der Waals surface area (Å²) in [6.45, 7) is 5.44. The number of carbonyl (C=O) groups is 6. The number of anilines is 1. The summed E-state index contributed by atoms with van der Waals surface area (Å²) >= 11 is 0. The van der Waals surface area contributed by atoms with Crippen LogP contribution in [0.4, 0.5) is 5.82 Å². The lowest BCUT2D eigenvalue weighted by atomic mass is 9.86. The molecular weight excluding hydrogens is 722 g/mol. The summed E-state index contributed by atoms with van der Waals surface area (Å²) in [5.41, 5.74) is 2.76. The SMILES string of the molecule is Cc1cccc(C(=O)NC2CC(n3cnc4c(NCCCN5CCN(C(=O)COc6cccc7c6C(=O)N(C6CCC(=O)NC6=O)C7=O)CC5)ncnc43)C2)n1. The van der Waals surface area contributed by atoms with Gasteiger partial charge in [0.1, 0.15) is 29.3 Å².